The van der Waals surface area contributed by atoms with E-state index in [9.17, 15) is 22.8 Å². The van der Waals surface area contributed by atoms with Gasteiger partial charge in [0.25, 0.3) is 5.91 Å². The molecule has 1 aromatic carbocycles. The van der Waals surface area contributed by atoms with E-state index in [1.54, 1.807) is 6.92 Å². The Bertz CT molecular complexity index is 790. The Hall–Kier alpha value is -3.10. The number of halogens is 3. The number of nitrogens with zero attached hydrogens (tertiary/aromatic N) is 1. The van der Waals surface area contributed by atoms with Gasteiger partial charge in [-0.15, -0.1) is 0 Å². The summed E-state index contributed by atoms with van der Waals surface area (Å²) in [7, 11) is 0. The van der Waals surface area contributed by atoms with E-state index in [-0.39, 0.29) is 24.2 Å². The second kappa shape index (κ2) is 8.52. The molecule has 6 nitrogen and oxygen atoms in total. The van der Waals surface area contributed by atoms with Crippen LogP contribution in [0.15, 0.2) is 42.6 Å². The summed E-state index contributed by atoms with van der Waals surface area (Å²) < 4.78 is 42.8. The molecule has 0 saturated heterocycles. The SMILES string of the molecule is CC(CCC(=O)O)NC(=O)c1ccc(Oc2ccc(C(F)(F)F)cn2)cc1. The van der Waals surface area contributed by atoms with E-state index < -0.39 is 17.7 Å². The van der Waals surface area contributed by atoms with Crippen molar-refractivity contribution in [1.82, 2.24) is 10.3 Å². The molecular formula is C18H17F3N2O4. The third kappa shape index (κ3) is 6.28. The number of pyridine rings is 1. The van der Waals surface area contributed by atoms with Crippen molar-refractivity contribution in [2.24, 2.45) is 0 Å². The topological polar surface area (TPSA) is 88.5 Å². The minimum atomic E-state index is -4.47. The monoisotopic (exact) mass is 382 g/mol. The van der Waals surface area contributed by atoms with Gasteiger partial charge in [-0.1, -0.05) is 0 Å². The van der Waals surface area contributed by atoms with Crippen LogP contribution in [0.2, 0.25) is 0 Å². The molecule has 0 aliphatic rings. The van der Waals surface area contributed by atoms with Gasteiger partial charge in [0.2, 0.25) is 5.88 Å². The Balaban J connectivity index is 1.94. The molecule has 0 radical (unpaired) electrons. The van der Waals surface area contributed by atoms with E-state index in [0.29, 0.717) is 23.9 Å². The van der Waals surface area contributed by atoms with Crippen molar-refractivity contribution in [3.05, 3.63) is 53.7 Å². The highest BCUT2D eigenvalue weighted by Gasteiger charge is 2.30. The maximum absolute atomic E-state index is 12.5. The van der Waals surface area contributed by atoms with Gasteiger partial charge in [-0.25, -0.2) is 4.98 Å². The standard InChI is InChI=1S/C18H17F3N2O4/c1-11(2-9-16(24)25)23-17(26)12-3-6-14(7-4-12)27-15-8-5-13(10-22-15)18(19,20)21/h3-8,10-11H,2,9H2,1H3,(H,23,26)(H,24,25). The number of carbonyl (C=O) groups is 2. The van der Waals surface area contributed by atoms with Gasteiger partial charge in [0.15, 0.2) is 0 Å². The van der Waals surface area contributed by atoms with Crippen LogP contribution in [0.3, 0.4) is 0 Å². The molecule has 0 bridgehead atoms. The number of aromatic nitrogens is 1. The number of ether oxygens (including phenoxy) is 1. The molecule has 0 aliphatic heterocycles. The summed E-state index contributed by atoms with van der Waals surface area (Å²) in [6, 6.07) is 7.60. The quantitative estimate of drug-likeness (QED) is 0.759. The first-order chi connectivity index (χ1) is 12.6. The number of amides is 1. The number of carboxylic acids is 1. The zero-order valence-corrected chi connectivity index (χ0v) is 14.3. The molecule has 0 fully saturated rings. The number of carbonyl (C=O) groups excluding carboxylic acids is 1. The number of aliphatic carboxylic acids is 1. The van der Waals surface area contributed by atoms with Crippen molar-refractivity contribution in [2.45, 2.75) is 32.0 Å². The van der Waals surface area contributed by atoms with E-state index in [4.69, 9.17) is 9.84 Å². The lowest BCUT2D eigenvalue weighted by Gasteiger charge is -2.13. The minimum Gasteiger partial charge on any atom is -0.481 e. The molecule has 1 aromatic heterocycles. The lowest BCUT2D eigenvalue weighted by atomic mass is 10.1. The Morgan fingerprint density at radius 2 is 1.85 bits per heavy atom. The van der Waals surface area contributed by atoms with Gasteiger partial charge < -0.3 is 15.2 Å². The van der Waals surface area contributed by atoms with Gasteiger partial charge in [0, 0.05) is 30.3 Å². The maximum atomic E-state index is 12.5. The lowest BCUT2D eigenvalue weighted by Crippen LogP contribution is -2.32. The molecule has 0 saturated carbocycles. The van der Waals surface area contributed by atoms with E-state index in [2.05, 4.69) is 10.3 Å². The lowest BCUT2D eigenvalue weighted by molar-refractivity contribution is -0.138. The molecular weight excluding hydrogens is 365 g/mol. The van der Waals surface area contributed by atoms with Crippen LogP contribution >= 0.6 is 0 Å². The number of hydrogen-bond donors (Lipinski definition) is 2. The van der Waals surface area contributed by atoms with Gasteiger partial charge in [0.1, 0.15) is 5.75 Å². The highest BCUT2D eigenvalue weighted by atomic mass is 19.4. The smallest absolute Gasteiger partial charge is 0.417 e. The molecule has 0 aliphatic carbocycles. The van der Waals surface area contributed by atoms with Crippen LogP contribution in [0, 0.1) is 0 Å². The Morgan fingerprint density at radius 1 is 1.19 bits per heavy atom. The van der Waals surface area contributed by atoms with Crippen molar-refractivity contribution in [3.8, 4) is 11.6 Å². The van der Waals surface area contributed by atoms with Crippen LogP contribution in [0.1, 0.15) is 35.7 Å². The fraction of sp³-hybridized carbons (Fsp3) is 0.278. The van der Waals surface area contributed by atoms with E-state index >= 15 is 0 Å². The summed E-state index contributed by atoms with van der Waals surface area (Å²) in [6.45, 7) is 1.70. The van der Waals surface area contributed by atoms with Crippen LogP contribution in [-0.2, 0) is 11.0 Å². The largest absolute Gasteiger partial charge is 0.481 e. The van der Waals surface area contributed by atoms with Gasteiger partial charge in [-0.3, -0.25) is 9.59 Å². The number of carboxylic acid groups (broad SMARTS) is 1. The predicted octanol–water partition coefficient (Wildman–Crippen LogP) is 3.88. The second-order valence-corrected chi connectivity index (χ2v) is 5.82. The first kappa shape index (κ1) is 20.2. The molecule has 1 atom stereocenters. The molecule has 1 unspecified atom stereocenters. The minimum absolute atomic E-state index is 0.0116. The molecule has 27 heavy (non-hydrogen) atoms. The molecule has 1 amide bonds. The average Bonchev–Trinajstić information content (AvgIpc) is 2.60. The van der Waals surface area contributed by atoms with Gasteiger partial charge in [0.05, 0.1) is 5.56 Å². The molecule has 1 heterocycles. The van der Waals surface area contributed by atoms with E-state index in [0.717, 1.165) is 12.1 Å². The number of alkyl halides is 3. The summed E-state index contributed by atoms with van der Waals surface area (Å²) in [5.41, 5.74) is -0.538. The van der Waals surface area contributed by atoms with Crippen LogP contribution < -0.4 is 10.1 Å². The highest BCUT2D eigenvalue weighted by molar-refractivity contribution is 5.94. The van der Waals surface area contributed by atoms with Crippen LogP contribution in [0.25, 0.3) is 0 Å². The van der Waals surface area contributed by atoms with Gasteiger partial charge >= 0.3 is 12.1 Å². The van der Waals surface area contributed by atoms with Gasteiger partial charge in [-0.05, 0) is 43.7 Å². The molecule has 2 aromatic rings. The molecule has 9 heteroatoms. The Labute approximate surface area is 153 Å². The number of rotatable bonds is 7. The fourth-order valence-electron chi connectivity index (χ4n) is 2.12. The summed E-state index contributed by atoms with van der Waals surface area (Å²) in [5, 5.41) is 11.3. The normalized spacial score (nSPS) is 12.3. The van der Waals surface area contributed by atoms with Crippen LogP contribution in [0.4, 0.5) is 13.2 Å². The summed E-state index contributed by atoms with van der Waals surface area (Å²) in [5.74, 6) is -1.01. The van der Waals surface area contributed by atoms with Crippen molar-refractivity contribution in [1.29, 1.82) is 0 Å². The van der Waals surface area contributed by atoms with Crippen molar-refractivity contribution in [3.63, 3.8) is 0 Å². The zero-order valence-electron chi connectivity index (χ0n) is 14.3. The van der Waals surface area contributed by atoms with Crippen molar-refractivity contribution >= 4 is 11.9 Å². The summed E-state index contributed by atoms with van der Waals surface area (Å²) in [4.78, 5) is 26.2. The highest BCUT2D eigenvalue weighted by Crippen LogP contribution is 2.30. The third-order valence-electron chi connectivity index (χ3n) is 3.57. The summed E-state index contributed by atoms with van der Waals surface area (Å²) in [6.07, 6.45) is -3.53. The maximum Gasteiger partial charge on any atom is 0.417 e. The van der Waals surface area contributed by atoms with Crippen LogP contribution in [-0.4, -0.2) is 28.0 Å². The van der Waals surface area contributed by atoms with E-state index in [1.165, 1.54) is 24.3 Å². The number of hydrogen-bond acceptors (Lipinski definition) is 4. The molecule has 2 rings (SSSR count). The summed E-state index contributed by atoms with van der Waals surface area (Å²) >= 11 is 0. The Morgan fingerprint density at radius 3 is 2.37 bits per heavy atom. The first-order valence-corrected chi connectivity index (χ1v) is 7.99. The molecule has 144 valence electrons. The van der Waals surface area contributed by atoms with Gasteiger partial charge in [-0.2, -0.15) is 13.2 Å². The zero-order chi connectivity index (χ0) is 20.0. The van der Waals surface area contributed by atoms with E-state index in [1.807, 2.05) is 0 Å². The number of benzene rings is 1. The predicted molar refractivity (Wildman–Crippen MR) is 89.6 cm³/mol. The van der Waals surface area contributed by atoms with Crippen molar-refractivity contribution in [2.75, 3.05) is 0 Å². The molecule has 2 N–H and O–H groups in total. The fourth-order valence-corrected chi connectivity index (χ4v) is 2.12. The van der Waals surface area contributed by atoms with Crippen LogP contribution in [0.5, 0.6) is 11.6 Å². The first-order valence-electron chi connectivity index (χ1n) is 7.99. The average molecular weight is 382 g/mol. The third-order valence-corrected chi connectivity index (χ3v) is 3.57. The number of nitrogens with one attached hydrogen (secondary N) is 1. The van der Waals surface area contributed by atoms with Crippen molar-refractivity contribution < 1.29 is 32.6 Å². The molecule has 0 spiro atoms. The Kier molecular flexibility index (Phi) is 6.38. The second-order valence-electron chi connectivity index (χ2n) is 5.82.